The number of rotatable bonds is 3. The highest BCUT2D eigenvalue weighted by Gasteiger charge is 2.10. The molecule has 1 N–H and O–H groups in total. The molecule has 1 aromatic carbocycles. The van der Waals surface area contributed by atoms with Gasteiger partial charge in [0.25, 0.3) is 5.91 Å². The van der Waals surface area contributed by atoms with Crippen molar-refractivity contribution in [3.8, 4) is 0 Å². The Bertz CT molecular complexity index is 739. The van der Waals surface area contributed by atoms with Gasteiger partial charge in [-0.2, -0.15) is 0 Å². The molecule has 0 radical (unpaired) electrons. The van der Waals surface area contributed by atoms with Crippen molar-refractivity contribution in [3.63, 3.8) is 0 Å². The van der Waals surface area contributed by atoms with Crippen molar-refractivity contribution in [1.82, 2.24) is 15.3 Å². The van der Waals surface area contributed by atoms with Crippen LogP contribution >= 0.6 is 22.9 Å². The summed E-state index contributed by atoms with van der Waals surface area (Å²) in [5, 5.41) is 4.02. The number of pyridine rings is 1. The summed E-state index contributed by atoms with van der Waals surface area (Å²) >= 11 is 7.50. The van der Waals surface area contributed by atoms with Gasteiger partial charge in [0.2, 0.25) is 0 Å². The zero-order valence-electron chi connectivity index (χ0n) is 10.3. The number of thiazole rings is 1. The summed E-state index contributed by atoms with van der Waals surface area (Å²) in [6.07, 6.45) is 2.99. The number of para-hydroxylation sites is 1. The van der Waals surface area contributed by atoms with E-state index in [1.54, 1.807) is 23.6 Å². The summed E-state index contributed by atoms with van der Waals surface area (Å²) in [7, 11) is 0. The van der Waals surface area contributed by atoms with Gasteiger partial charge < -0.3 is 5.32 Å². The molecule has 0 saturated heterocycles. The molecule has 3 rings (SSSR count). The highest BCUT2D eigenvalue weighted by Crippen LogP contribution is 2.21. The van der Waals surface area contributed by atoms with Crippen LogP contribution in [0.4, 0.5) is 0 Å². The molecular weight excluding hydrogens is 294 g/mol. The van der Waals surface area contributed by atoms with Gasteiger partial charge in [0.1, 0.15) is 5.01 Å². The summed E-state index contributed by atoms with van der Waals surface area (Å²) in [6, 6.07) is 9.48. The number of nitrogens with one attached hydrogen (secondary N) is 1. The second-order valence-electron chi connectivity index (χ2n) is 4.11. The minimum absolute atomic E-state index is 0.225. The standard InChI is InChI=1S/C14H10ClN3OS/c15-10-7-16-6-5-9(10)14(19)17-8-13-18-11-3-1-2-4-12(11)20-13/h1-7H,8H2,(H,17,19). The number of fused-ring (bicyclic) bond motifs is 1. The van der Waals surface area contributed by atoms with Gasteiger partial charge in [-0.15, -0.1) is 11.3 Å². The van der Waals surface area contributed by atoms with E-state index in [1.165, 1.54) is 6.20 Å². The van der Waals surface area contributed by atoms with Crippen LogP contribution in [-0.4, -0.2) is 15.9 Å². The number of carbonyl (C=O) groups excluding carboxylic acids is 1. The largest absolute Gasteiger partial charge is 0.345 e. The van der Waals surface area contributed by atoms with Gasteiger partial charge in [0, 0.05) is 12.4 Å². The molecule has 0 spiro atoms. The third-order valence-electron chi connectivity index (χ3n) is 2.76. The second-order valence-corrected chi connectivity index (χ2v) is 5.64. The van der Waals surface area contributed by atoms with Gasteiger partial charge >= 0.3 is 0 Å². The summed E-state index contributed by atoms with van der Waals surface area (Å²) < 4.78 is 1.11. The summed E-state index contributed by atoms with van der Waals surface area (Å²) in [6.45, 7) is 0.386. The van der Waals surface area contributed by atoms with E-state index in [2.05, 4.69) is 15.3 Å². The lowest BCUT2D eigenvalue weighted by Gasteiger charge is -2.04. The number of hydrogen-bond acceptors (Lipinski definition) is 4. The molecule has 0 saturated carbocycles. The Labute approximate surface area is 124 Å². The molecule has 0 unspecified atom stereocenters. The Hall–Kier alpha value is -1.98. The number of benzene rings is 1. The number of hydrogen-bond donors (Lipinski definition) is 1. The summed E-state index contributed by atoms with van der Waals surface area (Å²) in [5.41, 5.74) is 1.37. The molecule has 0 atom stereocenters. The highest BCUT2D eigenvalue weighted by atomic mass is 35.5. The van der Waals surface area contributed by atoms with Crippen LogP contribution in [0, 0.1) is 0 Å². The van der Waals surface area contributed by atoms with Gasteiger partial charge in [-0.3, -0.25) is 9.78 Å². The quantitative estimate of drug-likeness (QED) is 0.808. The van der Waals surface area contributed by atoms with Gasteiger partial charge in [-0.1, -0.05) is 23.7 Å². The first-order valence-electron chi connectivity index (χ1n) is 5.96. The fourth-order valence-electron chi connectivity index (χ4n) is 1.81. The normalized spacial score (nSPS) is 10.7. The van der Waals surface area contributed by atoms with Crippen LogP contribution in [0.1, 0.15) is 15.4 Å². The van der Waals surface area contributed by atoms with Crippen molar-refractivity contribution in [1.29, 1.82) is 0 Å². The fraction of sp³-hybridized carbons (Fsp3) is 0.0714. The number of aromatic nitrogens is 2. The number of amides is 1. The number of nitrogens with zero attached hydrogens (tertiary/aromatic N) is 2. The Morgan fingerprint density at radius 3 is 2.95 bits per heavy atom. The van der Waals surface area contributed by atoms with Crippen LogP contribution in [0.5, 0.6) is 0 Å². The Morgan fingerprint density at radius 1 is 1.30 bits per heavy atom. The van der Waals surface area contributed by atoms with Crippen molar-refractivity contribution >= 4 is 39.1 Å². The van der Waals surface area contributed by atoms with Crippen molar-refractivity contribution in [3.05, 3.63) is 58.3 Å². The molecule has 0 bridgehead atoms. The van der Waals surface area contributed by atoms with Crippen LogP contribution in [0.15, 0.2) is 42.7 Å². The van der Waals surface area contributed by atoms with Crippen LogP contribution < -0.4 is 5.32 Å². The zero-order valence-corrected chi connectivity index (χ0v) is 11.9. The maximum absolute atomic E-state index is 12.0. The van der Waals surface area contributed by atoms with Gasteiger partial charge in [0.05, 0.1) is 27.3 Å². The van der Waals surface area contributed by atoms with Crippen molar-refractivity contribution < 1.29 is 4.79 Å². The maximum atomic E-state index is 12.0. The lowest BCUT2D eigenvalue weighted by molar-refractivity contribution is 0.0951. The van der Waals surface area contributed by atoms with Crippen LogP contribution in [0.25, 0.3) is 10.2 Å². The van der Waals surface area contributed by atoms with E-state index >= 15 is 0 Å². The van der Waals surface area contributed by atoms with Crippen LogP contribution in [0.3, 0.4) is 0 Å². The lowest BCUT2D eigenvalue weighted by Crippen LogP contribution is -2.23. The molecule has 2 heterocycles. The van der Waals surface area contributed by atoms with E-state index in [0.29, 0.717) is 17.1 Å². The molecule has 0 fully saturated rings. The average Bonchev–Trinajstić information content (AvgIpc) is 2.88. The van der Waals surface area contributed by atoms with E-state index in [9.17, 15) is 4.79 Å². The van der Waals surface area contributed by atoms with Crippen molar-refractivity contribution in [2.45, 2.75) is 6.54 Å². The summed E-state index contributed by atoms with van der Waals surface area (Å²) in [4.78, 5) is 20.3. The molecule has 3 aromatic rings. The molecule has 0 aliphatic carbocycles. The second kappa shape index (κ2) is 5.56. The fourth-order valence-corrected chi connectivity index (χ4v) is 2.92. The smallest absolute Gasteiger partial charge is 0.253 e. The topological polar surface area (TPSA) is 54.9 Å². The zero-order chi connectivity index (χ0) is 13.9. The molecule has 0 aliphatic heterocycles. The van der Waals surface area contributed by atoms with Crippen LogP contribution in [0.2, 0.25) is 5.02 Å². The molecule has 20 heavy (non-hydrogen) atoms. The Morgan fingerprint density at radius 2 is 2.15 bits per heavy atom. The first-order valence-corrected chi connectivity index (χ1v) is 7.15. The predicted molar refractivity (Wildman–Crippen MR) is 80.0 cm³/mol. The van der Waals surface area contributed by atoms with Crippen molar-refractivity contribution in [2.75, 3.05) is 0 Å². The number of halogens is 1. The molecule has 2 aromatic heterocycles. The first kappa shape index (κ1) is 13.0. The van der Waals surface area contributed by atoms with Gasteiger partial charge in [0.15, 0.2) is 0 Å². The van der Waals surface area contributed by atoms with Crippen molar-refractivity contribution in [2.24, 2.45) is 0 Å². The maximum Gasteiger partial charge on any atom is 0.253 e. The first-order chi connectivity index (χ1) is 9.74. The Balaban J connectivity index is 1.73. The van der Waals surface area contributed by atoms with Gasteiger partial charge in [-0.25, -0.2) is 4.98 Å². The molecular formula is C14H10ClN3OS. The minimum Gasteiger partial charge on any atom is -0.345 e. The SMILES string of the molecule is O=C(NCc1nc2ccccc2s1)c1ccncc1Cl. The molecule has 0 aliphatic rings. The lowest BCUT2D eigenvalue weighted by atomic mass is 10.2. The predicted octanol–water partition coefficient (Wildman–Crippen LogP) is 3.27. The highest BCUT2D eigenvalue weighted by molar-refractivity contribution is 7.18. The third kappa shape index (κ3) is 2.64. The van der Waals surface area contributed by atoms with E-state index in [1.807, 2.05) is 24.3 Å². The van der Waals surface area contributed by atoms with Crippen LogP contribution in [-0.2, 0) is 6.54 Å². The Kier molecular flexibility index (Phi) is 3.62. The minimum atomic E-state index is -0.225. The number of carbonyl (C=O) groups is 1. The van der Waals surface area contributed by atoms with E-state index < -0.39 is 0 Å². The molecule has 6 heteroatoms. The van der Waals surface area contributed by atoms with Gasteiger partial charge in [-0.05, 0) is 18.2 Å². The monoisotopic (exact) mass is 303 g/mol. The molecule has 4 nitrogen and oxygen atoms in total. The van der Waals surface area contributed by atoms with E-state index in [0.717, 1.165) is 15.2 Å². The summed E-state index contributed by atoms with van der Waals surface area (Å²) in [5.74, 6) is -0.225. The molecule has 1 amide bonds. The van der Waals surface area contributed by atoms with E-state index in [4.69, 9.17) is 11.6 Å². The average molecular weight is 304 g/mol. The molecule has 100 valence electrons. The third-order valence-corrected chi connectivity index (χ3v) is 4.09. The van der Waals surface area contributed by atoms with E-state index in [-0.39, 0.29) is 5.91 Å².